The predicted octanol–water partition coefficient (Wildman–Crippen LogP) is 1.97. The lowest BCUT2D eigenvalue weighted by molar-refractivity contribution is -0.139. The molecular weight excluding hydrogens is 386 g/mol. The van der Waals surface area contributed by atoms with Crippen molar-refractivity contribution < 1.29 is 24.2 Å². The van der Waals surface area contributed by atoms with Gasteiger partial charge >= 0.3 is 5.97 Å². The second-order valence-corrected chi connectivity index (χ2v) is 5.68. The molecule has 0 bridgehead atoms. The molecule has 2 rings (SSSR count). The molecule has 1 unspecified atom stereocenters. The van der Waals surface area contributed by atoms with E-state index in [0.717, 1.165) is 5.56 Å². The summed E-state index contributed by atoms with van der Waals surface area (Å²) in [6.07, 6.45) is -0.376. The fourth-order valence-corrected chi connectivity index (χ4v) is 2.35. The minimum Gasteiger partial charge on any atom is -0.482 e. The van der Waals surface area contributed by atoms with Crippen LogP contribution in [0, 0.1) is 5.41 Å². The molecule has 1 atom stereocenters. The van der Waals surface area contributed by atoms with Crippen LogP contribution in [0.1, 0.15) is 27.6 Å². The molecule has 0 aromatic heterocycles. The summed E-state index contributed by atoms with van der Waals surface area (Å²) < 4.78 is 10.5. The number of nitrogen functional groups attached to an aromatic ring is 1. The van der Waals surface area contributed by atoms with Gasteiger partial charge < -0.3 is 25.6 Å². The highest BCUT2D eigenvalue weighted by atomic mass is 35.5. The van der Waals surface area contributed by atoms with Gasteiger partial charge in [-0.05, 0) is 29.8 Å². The maximum absolute atomic E-state index is 12.3. The molecule has 0 aliphatic carbocycles. The number of carboxylic acids is 1. The van der Waals surface area contributed by atoms with Gasteiger partial charge in [-0.2, -0.15) is 0 Å². The lowest BCUT2D eigenvalue weighted by Gasteiger charge is -2.17. The van der Waals surface area contributed by atoms with Crippen molar-refractivity contribution >= 4 is 30.1 Å². The Morgan fingerprint density at radius 2 is 1.68 bits per heavy atom. The Morgan fingerprint density at radius 3 is 2.18 bits per heavy atom. The monoisotopic (exact) mass is 407 g/mol. The highest BCUT2D eigenvalue weighted by Crippen LogP contribution is 2.20. The van der Waals surface area contributed by atoms with Crippen LogP contribution in [0.25, 0.3) is 0 Å². The summed E-state index contributed by atoms with van der Waals surface area (Å²) in [5.41, 5.74) is 7.20. The van der Waals surface area contributed by atoms with E-state index in [4.69, 9.17) is 25.7 Å². The van der Waals surface area contributed by atoms with Gasteiger partial charge in [0.15, 0.2) is 6.61 Å². The first-order valence-corrected chi connectivity index (χ1v) is 8.10. The molecule has 0 aliphatic rings. The Kier molecular flexibility index (Phi) is 8.94. The van der Waals surface area contributed by atoms with Crippen LogP contribution in [0.5, 0.6) is 5.75 Å². The average molecular weight is 408 g/mol. The summed E-state index contributed by atoms with van der Waals surface area (Å²) in [4.78, 5) is 22.8. The van der Waals surface area contributed by atoms with Crippen molar-refractivity contribution in [1.29, 1.82) is 5.41 Å². The first-order chi connectivity index (χ1) is 12.9. The van der Waals surface area contributed by atoms with Crippen molar-refractivity contribution in [3.63, 3.8) is 0 Å². The number of amides is 1. The number of hydrogen-bond donors (Lipinski definition) is 4. The minimum atomic E-state index is -1.05. The number of carboxylic acid groups (broad SMARTS) is 1. The van der Waals surface area contributed by atoms with Gasteiger partial charge in [-0.3, -0.25) is 10.2 Å². The Morgan fingerprint density at radius 1 is 1.11 bits per heavy atom. The lowest BCUT2D eigenvalue weighted by Crippen LogP contribution is -2.29. The smallest absolute Gasteiger partial charge is 0.341 e. The summed E-state index contributed by atoms with van der Waals surface area (Å²) in [6.45, 7) is -0.162. The number of ether oxygens (including phenoxy) is 2. The van der Waals surface area contributed by atoms with Crippen LogP contribution >= 0.6 is 12.4 Å². The number of benzene rings is 2. The van der Waals surface area contributed by atoms with Crippen LogP contribution in [0.15, 0.2) is 48.5 Å². The van der Waals surface area contributed by atoms with Gasteiger partial charge in [0.05, 0.1) is 6.10 Å². The van der Waals surface area contributed by atoms with E-state index in [-0.39, 0.29) is 36.8 Å². The summed E-state index contributed by atoms with van der Waals surface area (Å²) in [6, 6.07) is 13.2. The Labute approximate surface area is 168 Å². The standard InChI is InChI=1S/C19H21N3O5.ClH/c1-26-16(12-6-8-15(9-7-12)27-11-17(23)24)10-22-19(25)14-4-2-13(3-5-14)18(20)21;/h2-9,16H,10-11H2,1H3,(H3,20,21)(H,22,25)(H,23,24);1H. The summed E-state index contributed by atoms with van der Waals surface area (Å²) in [7, 11) is 1.54. The Hall–Kier alpha value is -3.10. The van der Waals surface area contributed by atoms with Gasteiger partial charge in [-0.15, -0.1) is 12.4 Å². The predicted molar refractivity (Wildman–Crippen MR) is 106 cm³/mol. The van der Waals surface area contributed by atoms with Crippen molar-refractivity contribution in [1.82, 2.24) is 5.32 Å². The largest absolute Gasteiger partial charge is 0.482 e. The fourth-order valence-electron chi connectivity index (χ4n) is 2.35. The van der Waals surface area contributed by atoms with E-state index in [1.807, 2.05) is 0 Å². The molecule has 0 spiro atoms. The van der Waals surface area contributed by atoms with Gasteiger partial charge in [0.2, 0.25) is 0 Å². The molecule has 1 amide bonds. The van der Waals surface area contributed by atoms with Crippen LogP contribution < -0.4 is 15.8 Å². The maximum atomic E-state index is 12.3. The number of hydrogen-bond acceptors (Lipinski definition) is 5. The van der Waals surface area contributed by atoms with Gasteiger partial charge in [0.1, 0.15) is 11.6 Å². The molecule has 0 fully saturated rings. The van der Waals surface area contributed by atoms with Crippen LogP contribution in [-0.2, 0) is 9.53 Å². The molecule has 0 saturated carbocycles. The average Bonchev–Trinajstić information content (AvgIpc) is 2.67. The van der Waals surface area contributed by atoms with Gasteiger partial charge in [-0.25, -0.2) is 4.79 Å². The number of carbonyl (C=O) groups is 2. The number of halogens is 1. The Bertz CT molecular complexity index is 809. The van der Waals surface area contributed by atoms with E-state index in [2.05, 4.69) is 5.32 Å². The molecule has 0 saturated heterocycles. The van der Waals surface area contributed by atoms with Gasteiger partial charge in [0, 0.05) is 24.8 Å². The molecule has 0 heterocycles. The molecule has 2 aromatic carbocycles. The number of rotatable bonds is 9. The lowest BCUT2D eigenvalue weighted by atomic mass is 10.1. The van der Waals surface area contributed by atoms with Crippen molar-refractivity contribution in [2.24, 2.45) is 5.73 Å². The topological polar surface area (TPSA) is 135 Å². The summed E-state index contributed by atoms with van der Waals surface area (Å²) >= 11 is 0. The second kappa shape index (κ2) is 10.9. The zero-order valence-electron chi connectivity index (χ0n) is 15.2. The molecular formula is C19H22ClN3O5. The van der Waals surface area contributed by atoms with E-state index in [9.17, 15) is 9.59 Å². The summed E-state index contributed by atoms with van der Waals surface area (Å²) in [5.74, 6) is -0.941. The van der Waals surface area contributed by atoms with Gasteiger partial charge in [0.25, 0.3) is 5.91 Å². The molecule has 0 radical (unpaired) electrons. The third kappa shape index (κ3) is 6.57. The maximum Gasteiger partial charge on any atom is 0.341 e. The fraction of sp³-hybridized carbons (Fsp3) is 0.211. The van der Waals surface area contributed by atoms with Crippen molar-refractivity contribution in [3.8, 4) is 5.75 Å². The van der Waals surface area contributed by atoms with E-state index in [1.54, 1.807) is 48.5 Å². The molecule has 5 N–H and O–H groups in total. The number of carbonyl (C=O) groups excluding carboxylic acids is 1. The third-order valence-electron chi connectivity index (χ3n) is 3.80. The van der Waals surface area contributed by atoms with Crippen LogP contribution in [0.2, 0.25) is 0 Å². The molecule has 2 aromatic rings. The first kappa shape index (κ1) is 22.9. The summed E-state index contributed by atoms with van der Waals surface area (Å²) in [5, 5.41) is 18.8. The number of aliphatic carboxylic acids is 1. The van der Waals surface area contributed by atoms with E-state index in [0.29, 0.717) is 16.9 Å². The second-order valence-electron chi connectivity index (χ2n) is 5.68. The SMILES string of the molecule is COC(CNC(=O)c1ccc(C(=N)N)cc1)c1ccc(OCC(=O)O)cc1.Cl. The van der Waals surface area contributed by atoms with E-state index >= 15 is 0 Å². The molecule has 150 valence electrons. The Balaban J connectivity index is 0.00000392. The first-order valence-electron chi connectivity index (χ1n) is 8.10. The molecule has 0 aliphatic heterocycles. The molecule has 9 heteroatoms. The van der Waals surface area contributed by atoms with Crippen LogP contribution in [-0.4, -0.2) is 43.1 Å². The minimum absolute atomic E-state index is 0. The van der Waals surface area contributed by atoms with Crippen LogP contribution in [0.4, 0.5) is 0 Å². The number of methoxy groups -OCH3 is 1. The number of nitrogens with two attached hydrogens (primary N) is 1. The van der Waals surface area contributed by atoms with Crippen molar-refractivity contribution in [2.75, 3.05) is 20.3 Å². The third-order valence-corrected chi connectivity index (χ3v) is 3.80. The molecule has 28 heavy (non-hydrogen) atoms. The number of nitrogens with one attached hydrogen (secondary N) is 2. The van der Waals surface area contributed by atoms with Crippen molar-refractivity contribution in [2.45, 2.75) is 6.10 Å². The highest BCUT2D eigenvalue weighted by Gasteiger charge is 2.14. The highest BCUT2D eigenvalue weighted by molar-refractivity contribution is 5.98. The zero-order valence-corrected chi connectivity index (χ0v) is 16.0. The molecule has 8 nitrogen and oxygen atoms in total. The number of amidine groups is 1. The van der Waals surface area contributed by atoms with E-state index in [1.165, 1.54) is 7.11 Å². The van der Waals surface area contributed by atoms with Crippen LogP contribution in [0.3, 0.4) is 0 Å². The zero-order chi connectivity index (χ0) is 19.8. The van der Waals surface area contributed by atoms with Gasteiger partial charge in [-0.1, -0.05) is 24.3 Å². The normalized spacial score (nSPS) is 11.0. The quantitative estimate of drug-likeness (QED) is 0.371. The van der Waals surface area contributed by atoms with E-state index < -0.39 is 12.6 Å². The van der Waals surface area contributed by atoms with Crippen molar-refractivity contribution in [3.05, 3.63) is 65.2 Å².